The normalized spacial score (nSPS) is 16.2. The Morgan fingerprint density at radius 2 is 1.96 bits per heavy atom. The summed E-state index contributed by atoms with van der Waals surface area (Å²) in [7, 11) is 1.65. The Kier molecular flexibility index (Phi) is 5.29. The highest BCUT2D eigenvalue weighted by Crippen LogP contribution is 2.27. The number of nitrogens with zero attached hydrogens (tertiary/aromatic N) is 5. The van der Waals surface area contributed by atoms with E-state index in [4.69, 9.17) is 4.74 Å². The number of aryl methyl sites for hydroxylation is 2. The number of hydrogen-bond acceptors (Lipinski definition) is 7. The van der Waals surface area contributed by atoms with Gasteiger partial charge in [-0.05, 0) is 26.8 Å². The lowest BCUT2D eigenvalue weighted by molar-refractivity contribution is 0.0750. The lowest BCUT2D eigenvalue weighted by Gasteiger charge is -2.35. The number of carbonyl (C=O) groups excluding carboxylic acids is 1. The molecule has 1 amide bonds. The molecule has 1 aliphatic heterocycles. The van der Waals surface area contributed by atoms with Crippen LogP contribution in [0.4, 0.5) is 5.82 Å². The Hall–Kier alpha value is -2.06. The lowest BCUT2D eigenvalue weighted by atomic mass is 10.2. The number of thiazole rings is 1. The molecule has 3 rings (SSSR count). The number of rotatable bonds is 4. The number of piperazine rings is 1. The molecule has 7 nitrogen and oxygen atoms in total. The van der Waals surface area contributed by atoms with Gasteiger partial charge in [0, 0.05) is 39.5 Å². The minimum Gasteiger partial charge on any atom is -0.375 e. The Morgan fingerprint density at radius 1 is 1.24 bits per heavy atom. The third-order valence-corrected chi connectivity index (χ3v) is 5.67. The van der Waals surface area contributed by atoms with Crippen LogP contribution in [-0.2, 0) is 4.74 Å². The molecule has 2 aromatic rings. The summed E-state index contributed by atoms with van der Waals surface area (Å²) in [4.78, 5) is 30.7. The number of carbonyl (C=O) groups is 1. The standard InChI is InChI=1S/C17H23N5O2S/c1-11-15(25-16(19-11)12(2)24-4)17(23)22-9-7-21(8-10-22)14-5-6-18-13(3)20-14/h5-6,12H,7-10H2,1-4H3. The third kappa shape index (κ3) is 3.80. The molecule has 0 radical (unpaired) electrons. The highest BCUT2D eigenvalue weighted by atomic mass is 32.1. The van der Waals surface area contributed by atoms with Gasteiger partial charge in [0.1, 0.15) is 27.6 Å². The SMILES string of the molecule is COC(C)c1nc(C)c(C(=O)N2CCN(c3ccnc(C)n3)CC2)s1. The van der Waals surface area contributed by atoms with Gasteiger partial charge in [0.25, 0.3) is 5.91 Å². The molecule has 0 bridgehead atoms. The molecule has 1 aliphatic rings. The van der Waals surface area contributed by atoms with Crippen LogP contribution in [0.25, 0.3) is 0 Å². The number of methoxy groups -OCH3 is 1. The minimum atomic E-state index is -0.0944. The first-order valence-corrected chi connectivity index (χ1v) is 9.15. The molecule has 0 aromatic carbocycles. The van der Waals surface area contributed by atoms with Gasteiger partial charge in [-0.2, -0.15) is 0 Å². The monoisotopic (exact) mass is 361 g/mol. The van der Waals surface area contributed by atoms with E-state index in [2.05, 4.69) is 19.9 Å². The van der Waals surface area contributed by atoms with Gasteiger partial charge in [-0.1, -0.05) is 0 Å². The fourth-order valence-electron chi connectivity index (χ4n) is 2.79. The first kappa shape index (κ1) is 17.8. The molecule has 3 heterocycles. The predicted molar refractivity (Wildman–Crippen MR) is 97.2 cm³/mol. The summed E-state index contributed by atoms with van der Waals surface area (Å²) in [6.45, 7) is 8.59. The summed E-state index contributed by atoms with van der Waals surface area (Å²) in [5.74, 6) is 1.74. The predicted octanol–water partition coefficient (Wildman–Crippen LogP) is 2.22. The van der Waals surface area contributed by atoms with Crippen molar-refractivity contribution in [1.82, 2.24) is 19.9 Å². The molecule has 1 saturated heterocycles. The van der Waals surface area contributed by atoms with Crippen molar-refractivity contribution in [3.05, 3.63) is 33.7 Å². The second-order valence-electron chi connectivity index (χ2n) is 6.09. The summed E-state index contributed by atoms with van der Waals surface area (Å²) < 4.78 is 5.31. The second kappa shape index (κ2) is 7.45. The van der Waals surface area contributed by atoms with Crippen molar-refractivity contribution < 1.29 is 9.53 Å². The van der Waals surface area contributed by atoms with E-state index in [1.54, 1.807) is 13.3 Å². The summed E-state index contributed by atoms with van der Waals surface area (Å²) in [6, 6.07) is 1.91. The molecule has 8 heteroatoms. The second-order valence-corrected chi connectivity index (χ2v) is 7.12. The molecule has 1 atom stereocenters. The van der Waals surface area contributed by atoms with Gasteiger partial charge in [0.05, 0.1) is 5.69 Å². The van der Waals surface area contributed by atoms with Crippen LogP contribution in [0.5, 0.6) is 0 Å². The Morgan fingerprint density at radius 3 is 2.60 bits per heavy atom. The van der Waals surface area contributed by atoms with Crippen LogP contribution in [0, 0.1) is 13.8 Å². The summed E-state index contributed by atoms with van der Waals surface area (Å²) in [5, 5.41) is 0.846. The lowest BCUT2D eigenvalue weighted by Crippen LogP contribution is -2.49. The zero-order chi connectivity index (χ0) is 18.0. The molecule has 2 aromatic heterocycles. The smallest absolute Gasteiger partial charge is 0.265 e. The Bertz CT molecular complexity index is 755. The largest absolute Gasteiger partial charge is 0.375 e. The molecule has 1 unspecified atom stereocenters. The molecule has 134 valence electrons. The van der Waals surface area contributed by atoms with E-state index in [9.17, 15) is 4.79 Å². The van der Waals surface area contributed by atoms with Gasteiger partial charge in [-0.15, -0.1) is 11.3 Å². The number of aromatic nitrogens is 3. The van der Waals surface area contributed by atoms with Crippen LogP contribution in [-0.4, -0.2) is 59.0 Å². The van der Waals surface area contributed by atoms with Crippen molar-refractivity contribution in [2.45, 2.75) is 26.9 Å². The van der Waals surface area contributed by atoms with Gasteiger partial charge in [0.15, 0.2) is 0 Å². The summed E-state index contributed by atoms with van der Waals surface area (Å²) in [6.07, 6.45) is 1.68. The third-order valence-electron chi connectivity index (χ3n) is 4.36. The summed E-state index contributed by atoms with van der Waals surface area (Å²) in [5.41, 5.74) is 0.780. The number of hydrogen-bond donors (Lipinski definition) is 0. The first-order valence-electron chi connectivity index (χ1n) is 8.33. The highest BCUT2D eigenvalue weighted by molar-refractivity contribution is 7.13. The van der Waals surface area contributed by atoms with Crippen molar-refractivity contribution in [2.75, 3.05) is 38.2 Å². The van der Waals surface area contributed by atoms with Crippen LogP contribution >= 0.6 is 11.3 Å². The Balaban J connectivity index is 1.67. The van der Waals surface area contributed by atoms with Crippen LogP contribution < -0.4 is 4.90 Å². The Labute approximate surface area is 151 Å². The molecular weight excluding hydrogens is 338 g/mol. The van der Waals surface area contributed by atoms with Gasteiger partial charge >= 0.3 is 0 Å². The van der Waals surface area contributed by atoms with E-state index >= 15 is 0 Å². The maximum atomic E-state index is 12.9. The van der Waals surface area contributed by atoms with Gasteiger partial charge in [-0.25, -0.2) is 15.0 Å². The number of anilines is 1. The molecular formula is C17H23N5O2S. The van der Waals surface area contributed by atoms with Crippen LogP contribution in [0.1, 0.15) is 39.2 Å². The van der Waals surface area contributed by atoms with Gasteiger partial charge in [0.2, 0.25) is 0 Å². The van der Waals surface area contributed by atoms with Crippen LogP contribution in [0.15, 0.2) is 12.3 Å². The van der Waals surface area contributed by atoms with Crippen LogP contribution in [0.3, 0.4) is 0 Å². The fourth-order valence-corrected chi connectivity index (χ4v) is 3.86. The van der Waals surface area contributed by atoms with E-state index in [1.807, 2.05) is 31.7 Å². The van der Waals surface area contributed by atoms with Gasteiger partial charge in [-0.3, -0.25) is 4.79 Å². The minimum absolute atomic E-state index is 0.0584. The average Bonchev–Trinajstić information content (AvgIpc) is 3.02. The quantitative estimate of drug-likeness (QED) is 0.831. The van der Waals surface area contributed by atoms with Crippen molar-refractivity contribution in [3.63, 3.8) is 0 Å². The average molecular weight is 361 g/mol. The van der Waals surface area contributed by atoms with E-state index in [-0.39, 0.29) is 12.0 Å². The van der Waals surface area contributed by atoms with Crippen molar-refractivity contribution in [2.24, 2.45) is 0 Å². The number of amides is 1. The van der Waals surface area contributed by atoms with Crippen molar-refractivity contribution >= 4 is 23.1 Å². The maximum Gasteiger partial charge on any atom is 0.265 e. The number of ether oxygens (including phenoxy) is 1. The van der Waals surface area contributed by atoms with E-state index in [1.165, 1.54) is 11.3 Å². The molecule has 0 aliphatic carbocycles. The first-order chi connectivity index (χ1) is 12.0. The zero-order valence-corrected chi connectivity index (χ0v) is 15.8. The maximum absolute atomic E-state index is 12.9. The fraction of sp³-hybridized carbons (Fsp3) is 0.529. The van der Waals surface area contributed by atoms with Crippen LogP contribution in [0.2, 0.25) is 0 Å². The van der Waals surface area contributed by atoms with E-state index in [0.29, 0.717) is 18.0 Å². The van der Waals surface area contributed by atoms with Crippen molar-refractivity contribution in [3.8, 4) is 0 Å². The van der Waals surface area contributed by atoms with E-state index < -0.39 is 0 Å². The zero-order valence-electron chi connectivity index (χ0n) is 15.0. The van der Waals surface area contributed by atoms with Crippen molar-refractivity contribution in [1.29, 1.82) is 0 Å². The molecule has 0 spiro atoms. The molecule has 0 N–H and O–H groups in total. The molecule has 25 heavy (non-hydrogen) atoms. The molecule has 0 saturated carbocycles. The van der Waals surface area contributed by atoms with E-state index in [0.717, 1.165) is 35.4 Å². The highest BCUT2D eigenvalue weighted by Gasteiger charge is 2.26. The van der Waals surface area contributed by atoms with Gasteiger partial charge < -0.3 is 14.5 Å². The topological polar surface area (TPSA) is 71.5 Å². The summed E-state index contributed by atoms with van der Waals surface area (Å²) >= 11 is 1.43. The molecule has 1 fully saturated rings.